The van der Waals surface area contributed by atoms with Crippen LogP contribution in [0.4, 0.5) is 0 Å². The fourth-order valence-corrected chi connectivity index (χ4v) is 3.35. The monoisotopic (exact) mass is 275 g/mol. The molecule has 1 aromatic rings. The molecule has 0 saturated carbocycles. The highest BCUT2D eigenvalue weighted by molar-refractivity contribution is 7.62. The van der Waals surface area contributed by atoms with Crippen molar-refractivity contribution in [3.8, 4) is 0 Å². The summed E-state index contributed by atoms with van der Waals surface area (Å²) in [6, 6.07) is 3.09. The van der Waals surface area contributed by atoms with Gasteiger partial charge in [-0.2, -0.15) is 0 Å². The third-order valence-electron chi connectivity index (χ3n) is 2.37. The standard InChI is InChI=1S/C11H18NO5P/c1-5-16-18(14,17-6-2)10-8-7-9(12(10)3)11(13)15-4/h7-8H,5-6H2,1-4H3. The molecule has 0 N–H and O–H groups in total. The van der Waals surface area contributed by atoms with E-state index in [1.165, 1.54) is 17.7 Å². The van der Waals surface area contributed by atoms with Gasteiger partial charge >= 0.3 is 13.6 Å². The maximum atomic E-state index is 12.5. The Hall–Kier alpha value is -1.10. The topological polar surface area (TPSA) is 66.8 Å². The van der Waals surface area contributed by atoms with E-state index in [1.807, 2.05) is 0 Å². The number of carbonyl (C=O) groups is 1. The molecule has 102 valence electrons. The van der Waals surface area contributed by atoms with Gasteiger partial charge in [0.15, 0.2) is 0 Å². The molecular formula is C11H18NO5P. The summed E-state index contributed by atoms with van der Waals surface area (Å²) in [6.45, 7) is 3.98. The summed E-state index contributed by atoms with van der Waals surface area (Å²) in [5, 5.41) is 0. The second-order valence-corrected chi connectivity index (χ2v) is 5.43. The second-order valence-electron chi connectivity index (χ2n) is 3.46. The molecule has 1 heterocycles. The molecule has 6 nitrogen and oxygen atoms in total. The van der Waals surface area contributed by atoms with Gasteiger partial charge in [-0.25, -0.2) is 4.79 Å². The summed E-state index contributed by atoms with van der Waals surface area (Å²) < 4.78 is 29.1. The fourth-order valence-electron chi connectivity index (χ4n) is 1.59. The van der Waals surface area contributed by atoms with Gasteiger partial charge in [0.25, 0.3) is 0 Å². The van der Waals surface area contributed by atoms with Crippen LogP contribution < -0.4 is 5.44 Å². The van der Waals surface area contributed by atoms with E-state index in [1.54, 1.807) is 27.0 Å². The minimum atomic E-state index is -3.38. The Kier molecular flexibility index (Phi) is 5.14. The van der Waals surface area contributed by atoms with E-state index in [-0.39, 0.29) is 13.2 Å². The number of hydrogen-bond donors (Lipinski definition) is 0. The van der Waals surface area contributed by atoms with Crippen LogP contribution in [0, 0.1) is 0 Å². The van der Waals surface area contributed by atoms with E-state index in [4.69, 9.17) is 9.05 Å². The molecule has 0 amide bonds. The Morgan fingerprint density at radius 3 is 2.28 bits per heavy atom. The second kappa shape index (κ2) is 6.18. The van der Waals surface area contributed by atoms with Crippen LogP contribution in [0.25, 0.3) is 0 Å². The van der Waals surface area contributed by atoms with Crippen molar-refractivity contribution in [2.45, 2.75) is 13.8 Å². The summed E-state index contributed by atoms with van der Waals surface area (Å²) in [4.78, 5) is 11.5. The average molecular weight is 275 g/mol. The highest BCUT2D eigenvalue weighted by atomic mass is 31.2. The number of nitrogens with zero attached hydrogens (tertiary/aromatic N) is 1. The van der Waals surface area contributed by atoms with Crippen molar-refractivity contribution < 1.29 is 23.1 Å². The van der Waals surface area contributed by atoms with E-state index < -0.39 is 13.6 Å². The molecule has 0 radical (unpaired) electrons. The molecule has 0 aliphatic rings. The fraction of sp³-hybridized carbons (Fsp3) is 0.545. The number of methoxy groups -OCH3 is 1. The highest BCUT2D eigenvalue weighted by Crippen LogP contribution is 2.46. The zero-order valence-corrected chi connectivity index (χ0v) is 11.9. The van der Waals surface area contributed by atoms with Crippen molar-refractivity contribution in [2.24, 2.45) is 7.05 Å². The van der Waals surface area contributed by atoms with Crippen LogP contribution in [-0.4, -0.2) is 30.9 Å². The smallest absolute Gasteiger partial charge is 0.377 e. The van der Waals surface area contributed by atoms with Crippen molar-refractivity contribution >= 4 is 19.0 Å². The number of esters is 1. The maximum absolute atomic E-state index is 12.5. The number of hydrogen-bond acceptors (Lipinski definition) is 5. The Labute approximate surface area is 106 Å². The first-order valence-electron chi connectivity index (χ1n) is 5.63. The van der Waals surface area contributed by atoms with Crippen molar-refractivity contribution in [3.05, 3.63) is 17.8 Å². The van der Waals surface area contributed by atoms with Gasteiger partial charge in [-0.3, -0.25) is 4.57 Å². The average Bonchev–Trinajstić information content (AvgIpc) is 2.71. The summed E-state index contributed by atoms with van der Waals surface area (Å²) in [5.41, 5.74) is 0.638. The van der Waals surface area contributed by atoms with Crippen LogP contribution in [0.3, 0.4) is 0 Å². The summed E-state index contributed by atoms with van der Waals surface area (Å²) in [7, 11) is -0.475. The number of aromatic nitrogens is 1. The highest BCUT2D eigenvalue weighted by Gasteiger charge is 2.31. The quantitative estimate of drug-likeness (QED) is 0.584. The lowest BCUT2D eigenvalue weighted by Crippen LogP contribution is -2.21. The van der Waals surface area contributed by atoms with Crippen molar-refractivity contribution in [3.63, 3.8) is 0 Å². The molecular weight excluding hydrogens is 257 g/mol. The van der Waals surface area contributed by atoms with E-state index >= 15 is 0 Å². The first-order chi connectivity index (χ1) is 8.50. The van der Waals surface area contributed by atoms with Crippen molar-refractivity contribution in [1.82, 2.24) is 4.57 Å². The molecule has 0 aliphatic carbocycles. The summed E-state index contributed by atoms with van der Waals surface area (Å²) >= 11 is 0. The van der Waals surface area contributed by atoms with Gasteiger partial charge < -0.3 is 18.4 Å². The molecule has 0 fully saturated rings. The SMILES string of the molecule is CCOP(=O)(OCC)c1ccc(C(=O)OC)n1C. The predicted octanol–water partition coefficient (Wildman–Crippen LogP) is 1.70. The number of rotatable bonds is 6. The van der Waals surface area contributed by atoms with Crippen molar-refractivity contribution in [2.75, 3.05) is 20.3 Å². The molecule has 0 bridgehead atoms. The maximum Gasteiger partial charge on any atom is 0.377 e. The largest absolute Gasteiger partial charge is 0.464 e. The normalized spacial score (nSPS) is 11.6. The first-order valence-corrected chi connectivity index (χ1v) is 7.18. The molecule has 0 aromatic carbocycles. The predicted molar refractivity (Wildman–Crippen MR) is 67.2 cm³/mol. The lowest BCUT2D eigenvalue weighted by atomic mass is 10.4. The zero-order valence-electron chi connectivity index (χ0n) is 11.0. The van der Waals surface area contributed by atoms with E-state index in [0.29, 0.717) is 11.1 Å². The Morgan fingerprint density at radius 2 is 1.83 bits per heavy atom. The first kappa shape index (κ1) is 15.0. The van der Waals surface area contributed by atoms with Gasteiger partial charge in [0, 0.05) is 7.05 Å². The van der Waals surface area contributed by atoms with E-state index in [9.17, 15) is 9.36 Å². The Bertz CT molecular complexity index is 458. The molecule has 7 heteroatoms. The van der Waals surface area contributed by atoms with Crippen LogP contribution in [-0.2, 0) is 25.4 Å². The van der Waals surface area contributed by atoms with Gasteiger partial charge in [0.05, 0.1) is 20.3 Å². The molecule has 0 spiro atoms. The minimum absolute atomic E-state index is 0.260. The minimum Gasteiger partial charge on any atom is -0.464 e. The van der Waals surface area contributed by atoms with E-state index in [2.05, 4.69) is 4.74 Å². The molecule has 1 aromatic heterocycles. The summed E-state index contributed by atoms with van der Waals surface area (Å²) in [5.74, 6) is -0.497. The Balaban J connectivity index is 3.19. The lowest BCUT2D eigenvalue weighted by Gasteiger charge is -2.17. The molecule has 0 unspecified atom stereocenters. The van der Waals surface area contributed by atoms with E-state index in [0.717, 1.165) is 0 Å². The Morgan fingerprint density at radius 1 is 1.28 bits per heavy atom. The van der Waals surface area contributed by atoms with Crippen LogP contribution in [0.5, 0.6) is 0 Å². The van der Waals surface area contributed by atoms with Gasteiger partial charge in [-0.15, -0.1) is 0 Å². The van der Waals surface area contributed by atoms with Gasteiger partial charge in [-0.1, -0.05) is 0 Å². The van der Waals surface area contributed by atoms with Gasteiger partial charge in [0.2, 0.25) is 0 Å². The number of ether oxygens (including phenoxy) is 1. The zero-order chi connectivity index (χ0) is 13.8. The molecule has 0 atom stereocenters. The molecule has 18 heavy (non-hydrogen) atoms. The van der Waals surface area contributed by atoms with Crippen LogP contribution in [0.1, 0.15) is 24.3 Å². The van der Waals surface area contributed by atoms with Gasteiger partial charge in [-0.05, 0) is 26.0 Å². The third kappa shape index (κ3) is 2.83. The van der Waals surface area contributed by atoms with Crippen LogP contribution >= 0.6 is 7.60 Å². The number of carbonyl (C=O) groups excluding carboxylic acids is 1. The summed E-state index contributed by atoms with van der Waals surface area (Å²) in [6.07, 6.45) is 0. The molecule has 1 rings (SSSR count). The van der Waals surface area contributed by atoms with Gasteiger partial charge in [0.1, 0.15) is 11.1 Å². The molecule has 0 saturated heterocycles. The van der Waals surface area contributed by atoms with Crippen LogP contribution in [0.15, 0.2) is 12.1 Å². The third-order valence-corrected chi connectivity index (χ3v) is 4.57. The lowest BCUT2D eigenvalue weighted by molar-refractivity contribution is 0.0590. The van der Waals surface area contributed by atoms with Crippen molar-refractivity contribution in [1.29, 1.82) is 0 Å². The molecule has 0 aliphatic heterocycles. The van der Waals surface area contributed by atoms with Crippen LogP contribution in [0.2, 0.25) is 0 Å².